The van der Waals surface area contributed by atoms with Crippen molar-refractivity contribution in [3.63, 3.8) is 0 Å². The first kappa shape index (κ1) is 23.5. The van der Waals surface area contributed by atoms with Gasteiger partial charge < -0.3 is 10.1 Å². The second-order valence-electron chi connectivity index (χ2n) is 7.81. The van der Waals surface area contributed by atoms with E-state index in [1.54, 1.807) is 35.2 Å². The van der Waals surface area contributed by atoms with Gasteiger partial charge in [0.05, 0.1) is 17.6 Å². The molecule has 0 atom stereocenters. The number of carbonyl (C=O) groups excluding carboxylic acids is 3. The van der Waals surface area contributed by atoms with Crippen LogP contribution >= 0.6 is 24.0 Å². The summed E-state index contributed by atoms with van der Waals surface area (Å²) in [6.07, 6.45) is 9.45. The molecule has 0 unspecified atom stereocenters. The summed E-state index contributed by atoms with van der Waals surface area (Å²) in [4.78, 5) is 38.4. The van der Waals surface area contributed by atoms with Crippen molar-refractivity contribution in [3.05, 3.63) is 40.3 Å². The number of esters is 1. The topological polar surface area (TPSA) is 75.7 Å². The van der Waals surface area contributed by atoms with E-state index >= 15 is 0 Å². The fraction of sp³-hybridized carbons (Fsp3) is 0.478. The molecule has 8 heteroatoms. The molecule has 1 aromatic carbocycles. The van der Waals surface area contributed by atoms with Gasteiger partial charge in [-0.05, 0) is 49.5 Å². The number of ether oxygens (including phenoxy) is 1. The maximum Gasteiger partial charge on any atom is 0.337 e. The number of carbonyl (C=O) groups is 3. The Hall–Kier alpha value is -2.19. The van der Waals surface area contributed by atoms with Crippen molar-refractivity contribution < 1.29 is 19.1 Å². The average molecular weight is 461 g/mol. The van der Waals surface area contributed by atoms with Gasteiger partial charge >= 0.3 is 5.97 Å². The van der Waals surface area contributed by atoms with E-state index in [9.17, 15) is 14.4 Å². The summed E-state index contributed by atoms with van der Waals surface area (Å²) in [5.74, 6) is -0.349. The number of thioether (sulfide) groups is 1. The Morgan fingerprint density at radius 2 is 1.90 bits per heavy atom. The van der Waals surface area contributed by atoms with Gasteiger partial charge in [-0.2, -0.15) is 0 Å². The number of amides is 2. The highest BCUT2D eigenvalue weighted by Gasteiger charge is 2.31. The summed E-state index contributed by atoms with van der Waals surface area (Å²) >= 11 is 6.67. The molecule has 1 saturated heterocycles. The lowest BCUT2D eigenvalue weighted by molar-refractivity contribution is -0.123. The van der Waals surface area contributed by atoms with Gasteiger partial charge in [-0.25, -0.2) is 4.79 Å². The van der Waals surface area contributed by atoms with E-state index in [-0.39, 0.29) is 11.8 Å². The molecule has 0 bridgehead atoms. The predicted octanol–water partition coefficient (Wildman–Crippen LogP) is 4.29. The number of hydrogen-bond acceptors (Lipinski definition) is 6. The number of nitrogens with zero attached hydrogens (tertiary/aromatic N) is 1. The number of unbranched alkanes of at least 4 members (excludes halogenated alkanes) is 2. The van der Waals surface area contributed by atoms with Gasteiger partial charge in [0, 0.05) is 19.0 Å². The summed E-state index contributed by atoms with van der Waals surface area (Å²) in [6.45, 7) is 0.563. The summed E-state index contributed by atoms with van der Waals surface area (Å²) in [5, 5.41) is 3.11. The highest BCUT2D eigenvalue weighted by molar-refractivity contribution is 8.26. The van der Waals surface area contributed by atoms with Crippen LogP contribution in [0.25, 0.3) is 6.08 Å². The second kappa shape index (κ2) is 11.4. The standard InChI is InChI=1S/C23H28N2O4S2/c1-29-22(28)17-12-10-16(11-13-17)15-19-21(27)25(23(30)31-19)14-6-2-3-9-20(26)24-18-7-4-5-8-18/h10-13,15,18H,2-9,14H2,1H3,(H,24,26)/b19-15-. The van der Waals surface area contributed by atoms with Crippen LogP contribution in [0.15, 0.2) is 29.2 Å². The van der Waals surface area contributed by atoms with Crippen molar-refractivity contribution >= 4 is 52.2 Å². The van der Waals surface area contributed by atoms with Gasteiger partial charge in [-0.15, -0.1) is 0 Å². The molecule has 6 nitrogen and oxygen atoms in total. The van der Waals surface area contributed by atoms with Gasteiger partial charge in [0.25, 0.3) is 5.91 Å². The minimum absolute atomic E-state index is 0.0916. The Kier molecular flexibility index (Phi) is 8.66. The van der Waals surface area contributed by atoms with E-state index in [1.165, 1.54) is 31.7 Å². The molecule has 3 rings (SSSR count). The normalized spacial score (nSPS) is 18.1. The van der Waals surface area contributed by atoms with E-state index in [4.69, 9.17) is 17.0 Å². The van der Waals surface area contributed by atoms with Gasteiger partial charge in [-0.3, -0.25) is 14.5 Å². The Morgan fingerprint density at radius 3 is 2.58 bits per heavy atom. The Labute approximate surface area is 192 Å². The largest absolute Gasteiger partial charge is 0.465 e. The smallest absolute Gasteiger partial charge is 0.337 e. The maximum absolute atomic E-state index is 12.7. The van der Waals surface area contributed by atoms with Crippen molar-refractivity contribution in [2.45, 2.75) is 57.4 Å². The van der Waals surface area contributed by atoms with Crippen molar-refractivity contribution in [1.82, 2.24) is 10.2 Å². The van der Waals surface area contributed by atoms with E-state index < -0.39 is 5.97 Å². The molecule has 1 N–H and O–H groups in total. The molecule has 0 radical (unpaired) electrons. The number of nitrogens with one attached hydrogen (secondary N) is 1. The highest BCUT2D eigenvalue weighted by Crippen LogP contribution is 2.32. The monoisotopic (exact) mass is 460 g/mol. The van der Waals surface area contributed by atoms with Gasteiger partial charge in [0.15, 0.2) is 0 Å². The molecule has 1 aliphatic carbocycles. The summed E-state index contributed by atoms with van der Waals surface area (Å²) in [5.41, 5.74) is 1.28. The molecule has 2 amide bonds. The molecule has 0 aromatic heterocycles. The van der Waals surface area contributed by atoms with Crippen LogP contribution < -0.4 is 5.32 Å². The van der Waals surface area contributed by atoms with Gasteiger partial charge in [0.2, 0.25) is 5.91 Å². The number of hydrogen-bond donors (Lipinski definition) is 1. The molecule has 0 spiro atoms. The molecule has 31 heavy (non-hydrogen) atoms. The summed E-state index contributed by atoms with van der Waals surface area (Å²) in [7, 11) is 1.34. The van der Waals surface area contributed by atoms with Crippen LogP contribution in [0.4, 0.5) is 0 Å². The predicted molar refractivity (Wildman–Crippen MR) is 127 cm³/mol. The van der Waals surface area contributed by atoms with Crippen LogP contribution in [-0.2, 0) is 14.3 Å². The fourth-order valence-electron chi connectivity index (χ4n) is 3.78. The molecule has 1 aromatic rings. The Bertz CT molecular complexity index is 861. The molecule has 166 valence electrons. The first-order valence-electron chi connectivity index (χ1n) is 10.7. The second-order valence-corrected chi connectivity index (χ2v) is 9.48. The summed E-state index contributed by atoms with van der Waals surface area (Å²) in [6, 6.07) is 7.25. The highest BCUT2D eigenvalue weighted by atomic mass is 32.2. The van der Waals surface area contributed by atoms with Gasteiger partial charge in [0.1, 0.15) is 4.32 Å². The number of rotatable bonds is 9. The lowest BCUT2D eigenvalue weighted by atomic mass is 10.1. The number of thiocarbonyl (C=S) groups is 1. The van der Waals surface area contributed by atoms with Crippen LogP contribution in [0.1, 0.15) is 67.3 Å². The zero-order chi connectivity index (χ0) is 22.2. The molecule has 2 fully saturated rings. The first-order valence-corrected chi connectivity index (χ1v) is 11.9. The lowest BCUT2D eigenvalue weighted by Crippen LogP contribution is -2.32. The van der Waals surface area contributed by atoms with Crippen LogP contribution in [-0.4, -0.2) is 46.7 Å². The zero-order valence-corrected chi connectivity index (χ0v) is 19.4. The summed E-state index contributed by atoms with van der Waals surface area (Å²) < 4.78 is 5.25. The van der Waals surface area contributed by atoms with Crippen molar-refractivity contribution in [2.24, 2.45) is 0 Å². The third kappa shape index (κ3) is 6.64. The van der Waals surface area contributed by atoms with E-state index in [0.717, 1.165) is 37.7 Å². The maximum atomic E-state index is 12.7. The van der Waals surface area contributed by atoms with Crippen molar-refractivity contribution in [1.29, 1.82) is 0 Å². The molecule has 2 aliphatic rings. The minimum atomic E-state index is -0.395. The molecule has 1 aliphatic heterocycles. The van der Waals surface area contributed by atoms with Crippen LogP contribution in [0.5, 0.6) is 0 Å². The first-order chi connectivity index (χ1) is 15.0. The third-order valence-electron chi connectivity index (χ3n) is 5.51. The molecule has 1 heterocycles. The third-order valence-corrected chi connectivity index (χ3v) is 6.89. The number of benzene rings is 1. The molecular formula is C23H28N2O4S2. The van der Waals surface area contributed by atoms with E-state index in [0.29, 0.717) is 33.8 Å². The fourth-order valence-corrected chi connectivity index (χ4v) is 5.09. The van der Waals surface area contributed by atoms with Crippen molar-refractivity contribution in [2.75, 3.05) is 13.7 Å². The average Bonchev–Trinajstić information content (AvgIpc) is 3.36. The van der Waals surface area contributed by atoms with Gasteiger partial charge in [-0.1, -0.05) is 55.4 Å². The van der Waals surface area contributed by atoms with E-state index in [1.807, 2.05) is 0 Å². The Balaban J connectivity index is 1.42. The van der Waals surface area contributed by atoms with E-state index in [2.05, 4.69) is 5.32 Å². The SMILES string of the molecule is COC(=O)c1ccc(/C=C2\SC(=S)N(CCCCCC(=O)NC3CCCC3)C2=O)cc1. The zero-order valence-electron chi connectivity index (χ0n) is 17.7. The molecular weight excluding hydrogens is 432 g/mol. The quantitative estimate of drug-likeness (QED) is 0.256. The van der Waals surface area contributed by atoms with Crippen LogP contribution in [0.3, 0.4) is 0 Å². The Morgan fingerprint density at radius 1 is 1.19 bits per heavy atom. The minimum Gasteiger partial charge on any atom is -0.465 e. The van der Waals surface area contributed by atoms with Crippen molar-refractivity contribution in [3.8, 4) is 0 Å². The van der Waals surface area contributed by atoms with Crippen LogP contribution in [0, 0.1) is 0 Å². The number of methoxy groups -OCH3 is 1. The van der Waals surface area contributed by atoms with Crippen LogP contribution in [0.2, 0.25) is 0 Å². The lowest BCUT2D eigenvalue weighted by Gasteiger charge is -2.14. The molecule has 1 saturated carbocycles.